The van der Waals surface area contributed by atoms with Crippen LogP contribution in [0.3, 0.4) is 0 Å². The monoisotopic (exact) mass is 381 g/mol. The van der Waals surface area contributed by atoms with E-state index in [2.05, 4.69) is 40.7 Å². The summed E-state index contributed by atoms with van der Waals surface area (Å²) in [6.07, 6.45) is 0.904. The molecule has 0 unspecified atom stereocenters. The Hall–Kier alpha value is -1.83. The van der Waals surface area contributed by atoms with Gasteiger partial charge in [-0.1, -0.05) is 12.1 Å². The highest BCUT2D eigenvalue weighted by atomic mass is 16.5. The molecule has 0 radical (unpaired) electrons. The standard InChI is InChI=1S/C20H35N3O4/c1-5-25-13-14-27-19-15-17(2)7-8-18(19)16-23-20(21-3)22-9-6-10-26-12-11-24-4/h7-8,15H,5-6,9-14,16H2,1-4H3,(H2,21,22,23). The molecule has 0 saturated carbocycles. The van der Waals surface area contributed by atoms with Crippen LogP contribution in [0.4, 0.5) is 0 Å². The summed E-state index contributed by atoms with van der Waals surface area (Å²) in [5.41, 5.74) is 2.25. The first-order valence-electron chi connectivity index (χ1n) is 9.52. The number of nitrogens with one attached hydrogen (secondary N) is 2. The highest BCUT2D eigenvalue weighted by Crippen LogP contribution is 2.20. The minimum atomic E-state index is 0.542. The Bertz CT molecular complexity index is 538. The Morgan fingerprint density at radius 2 is 1.85 bits per heavy atom. The van der Waals surface area contributed by atoms with Gasteiger partial charge in [-0.2, -0.15) is 0 Å². The number of aliphatic imine (C=N–C) groups is 1. The van der Waals surface area contributed by atoms with Crippen LogP contribution < -0.4 is 15.4 Å². The molecule has 0 aliphatic heterocycles. The minimum absolute atomic E-state index is 0.542. The molecule has 0 aromatic heterocycles. The number of aryl methyl sites for hydroxylation is 1. The fourth-order valence-corrected chi connectivity index (χ4v) is 2.32. The highest BCUT2D eigenvalue weighted by Gasteiger charge is 2.06. The van der Waals surface area contributed by atoms with Crippen molar-refractivity contribution >= 4 is 5.96 Å². The van der Waals surface area contributed by atoms with Crippen LogP contribution in [0.25, 0.3) is 0 Å². The van der Waals surface area contributed by atoms with Crippen molar-refractivity contribution in [3.63, 3.8) is 0 Å². The number of hydrogen-bond donors (Lipinski definition) is 2. The van der Waals surface area contributed by atoms with Crippen molar-refractivity contribution in [2.45, 2.75) is 26.8 Å². The van der Waals surface area contributed by atoms with Crippen LogP contribution in [-0.4, -0.2) is 66.3 Å². The van der Waals surface area contributed by atoms with Crippen LogP contribution in [-0.2, 0) is 20.8 Å². The third-order valence-electron chi connectivity index (χ3n) is 3.77. The smallest absolute Gasteiger partial charge is 0.191 e. The molecule has 154 valence electrons. The zero-order valence-electron chi connectivity index (χ0n) is 17.2. The van der Waals surface area contributed by atoms with Gasteiger partial charge in [-0.15, -0.1) is 0 Å². The summed E-state index contributed by atoms with van der Waals surface area (Å²) in [5, 5.41) is 6.61. The lowest BCUT2D eigenvalue weighted by atomic mass is 10.1. The third kappa shape index (κ3) is 10.8. The van der Waals surface area contributed by atoms with E-state index >= 15 is 0 Å². The maximum atomic E-state index is 5.88. The molecule has 7 nitrogen and oxygen atoms in total. The molecule has 0 aliphatic rings. The van der Waals surface area contributed by atoms with Crippen molar-refractivity contribution in [3.8, 4) is 5.75 Å². The molecule has 0 atom stereocenters. The van der Waals surface area contributed by atoms with Gasteiger partial charge >= 0.3 is 0 Å². The molecule has 7 heteroatoms. The van der Waals surface area contributed by atoms with Gasteiger partial charge in [0.1, 0.15) is 12.4 Å². The highest BCUT2D eigenvalue weighted by molar-refractivity contribution is 5.79. The molecule has 0 spiro atoms. The first kappa shape index (κ1) is 23.2. The zero-order chi connectivity index (χ0) is 19.7. The Morgan fingerprint density at radius 3 is 2.59 bits per heavy atom. The van der Waals surface area contributed by atoms with Crippen LogP contribution in [0.2, 0.25) is 0 Å². The molecule has 2 N–H and O–H groups in total. The predicted molar refractivity (Wildman–Crippen MR) is 109 cm³/mol. The molecule has 0 fully saturated rings. The predicted octanol–water partition coefficient (Wildman–Crippen LogP) is 2.13. The largest absolute Gasteiger partial charge is 0.491 e. The van der Waals surface area contributed by atoms with Crippen molar-refractivity contribution in [2.75, 3.05) is 60.3 Å². The van der Waals surface area contributed by atoms with Gasteiger partial charge in [-0.3, -0.25) is 4.99 Å². The molecular weight excluding hydrogens is 346 g/mol. The Labute approximate surface area is 163 Å². The lowest BCUT2D eigenvalue weighted by Crippen LogP contribution is -2.37. The van der Waals surface area contributed by atoms with E-state index in [1.54, 1.807) is 14.2 Å². The average molecular weight is 382 g/mol. The molecule has 0 saturated heterocycles. The van der Waals surface area contributed by atoms with Gasteiger partial charge in [0.05, 0.1) is 19.8 Å². The number of hydrogen-bond acceptors (Lipinski definition) is 5. The summed E-state index contributed by atoms with van der Waals surface area (Å²) >= 11 is 0. The minimum Gasteiger partial charge on any atom is -0.491 e. The van der Waals surface area contributed by atoms with Gasteiger partial charge in [0.25, 0.3) is 0 Å². The fourth-order valence-electron chi connectivity index (χ4n) is 2.32. The van der Waals surface area contributed by atoms with E-state index in [1.165, 1.54) is 5.56 Å². The van der Waals surface area contributed by atoms with Crippen LogP contribution in [0, 0.1) is 6.92 Å². The van der Waals surface area contributed by atoms with Gasteiger partial charge < -0.3 is 29.6 Å². The van der Waals surface area contributed by atoms with Crippen molar-refractivity contribution in [2.24, 2.45) is 4.99 Å². The lowest BCUT2D eigenvalue weighted by molar-refractivity contribution is 0.0698. The number of benzene rings is 1. The van der Waals surface area contributed by atoms with Gasteiger partial charge in [-0.05, 0) is 31.9 Å². The number of ether oxygens (including phenoxy) is 4. The number of methoxy groups -OCH3 is 1. The Balaban J connectivity index is 2.38. The maximum absolute atomic E-state index is 5.88. The number of guanidine groups is 1. The van der Waals surface area contributed by atoms with Gasteiger partial charge in [0.15, 0.2) is 5.96 Å². The van der Waals surface area contributed by atoms with Gasteiger partial charge in [0.2, 0.25) is 0 Å². The van der Waals surface area contributed by atoms with Crippen molar-refractivity contribution in [1.29, 1.82) is 0 Å². The first-order valence-corrected chi connectivity index (χ1v) is 9.52. The normalized spacial score (nSPS) is 11.5. The van der Waals surface area contributed by atoms with Crippen LogP contribution in [0.15, 0.2) is 23.2 Å². The molecule has 0 aliphatic carbocycles. The molecule has 1 aromatic carbocycles. The molecular formula is C20H35N3O4. The summed E-state index contributed by atoms with van der Waals surface area (Å²) in [4.78, 5) is 4.26. The summed E-state index contributed by atoms with van der Waals surface area (Å²) in [6, 6.07) is 6.21. The Kier molecular flexibility index (Phi) is 13.1. The topological polar surface area (TPSA) is 73.3 Å². The molecule has 0 amide bonds. The van der Waals surface area contributed by atoms with E-state index in [0.29, 0.717) is 46.2 Å². The summed E-state index contributed by atoms with van der Waals surface area (Å²) in [5.74, 6) is 1.64. The third-order valence-corrected chi connectivity index (χ3v) is 3.77. The lowest BCUT2D eigenvalue weighted by Gasteiger charge is -2.15. The SMILES string of the molecule is CCOCCOc1cc(C)ccc1CNC(=NC)NCCCOCCOC. The van der Waals surface area contributed by atoms with E-state index < -0.39 is 0 Å². The maximum Gasteiger partial charge on any atom is 0.191 e. The molecule has 0 bridgehead atoms. The van der Waals surface area contributed by atoms with Gasteiger partial charge in [-0.25, -0.2) is 0 Å². The molecule has 0 heterocycles. The van der Waals surface area contributed by atoms with Crippen molar-refractivity contribution in [3.05, 3.63) is 29.3 Å². The number of rotatable bonds is 14. The van der Waals surface area contributed by atoms with E-state index in [1.807, 2.05) is 6.92 Å². The van der Waals surface area contributed by atoms with E-state index in [-0.39, 0.29) is 0 Å². The summed E-state index contributed by atoms with van der Waals surface area (Å²) < 4.78 is 21.6. The second kappa shape index (κ2) is 15.2. The van der Waals surface area contributed by atoms with E-state index in [4.69, 9.17) is 18.9 Å². The molecule has 1 rings (SSSR count). The number of nitrogens with zero attached hydrogens (tertiary/aromatic N) is 1. The molecule has 1 aromatic rings. The Morgan fingerprint density at radius 1 is 1.04 bits per heavy atom. The van der Waals surface area contributed by atoms with Crippen LogP contribution >= 0.6 is 0 Å². The second-order valence-electron chi connectivity index (χ2n) is 5.97. The summed E-state index contributed by atoms with van der Waals surface area (Å²) in [7, 11) is 3.43. The first-order chi connectivity index (χ1) is 13.2. The van der Waals surface area contributed by atoms with Crippen LogP contribution in [0.5, 0.6) is 5.75 Å². The summed E-state index contributed by atoms with van der Waals surface area (Å²) in [6.45, 7) is 9.24. The van der Waals surface area contributed by atoms with E-state index in [0.717, 1.165) is 30.2 Å². The second-order valence-corrected chi connectivity index (χ2v) is 5.97. The van der Waals surface area contributed by atoms with Crippen molar-refractivity contribution in [1.82, 2.24) is 10.6 Å². The van der Waals surface area contributed by atoms with E-state index in [9.17, 15) is 0 Å². The van der Waals surface area contributed by atoms with Crippen LogP contribution in [0.1, 0.15) is 24.5 Å². The average Bonchev–Trinajstić information content (AvgIpc) is 2.68. The zero-order valence-corrected chi connectivity index (χ0v) is 17.2. The quantitative estimate of drug-likeness (QED) is 0.292. The van der Waals surface area contributed by atoms with Gasteiger partial charge in [0, 0.05) is 46.0 Å². The fraction of sp³-hybridized carbons (Fsp3) is 0.650. The van der Waals surface area contributed by atoms with Crippen molar-refractivity contribution < 1.29 is 18.9 Å². The molecule has 27 heavy (non-hydrogen) atoms.